The normalized spacial score (nSPS) is 20.1. The zero-order valence-corrected chi connectivity index (χ0v) is 9.63. The molecule has 1 N–H and O–H groups in total. The van der Waals surface area contributed by atoms with E-state index in [0.29, 0.717) is 0 Å². The summed E-state index contributed by atoms with van der Waals surface area (Å²) in [5.74, 6) is 0. The van der Waals surface area contributed by atoms with Gasteiger partial charge in [0.25, 0.3) is 0 Å². The first kappa shape index (κ1) is 11.0. The Kier molecular flexibility index (Phi) is 3.32. The highest BCUT2D eigenvalue weighted by atomic mass is 35.5. The summed E-state index contributed by atoms with van der Waals surface area (Å²) in [5, 5.41) is 11.1. The van der Waals surface area contributed by atoms with Crippen molar-refractivity contribution in [1.29, 1.82) is 0 Å². The second kappa shape index (κ2) is 4.54. The predicted molar refractivity (Wildman–Crippen MR) is 63.2 cm³/mol. The molecule has 1 aliphatic rings. The van der Waals surface area contributed by atoms with Crippen LogP contribution in [0.2, 0.25) is 5.02 Å². The smallest absolute Gasteiger partial charge is 0.0688 e. The molecule has 1 aliphatic carbocycles. The topological polar surface area (TPSA) is 20.2 Å². The van der Waals surface area contributed by atoms with E-state index in [0.717, 1.165) is 37.1 Å². The van der Waals surface area contributed by atoms with Crippen LogP contribution in [0.4, 0.5) is 0 Å². The molecule has 2 heteroatoms. The number of hydrogen-bond acceptors (Lipinski definition) is 1. The molecular formula is C13H17ClO. The minimum Gasteiger partial charge on any atom is -0.390 e. The summed E-state index contributed by atoms with van der Waals surface area (Å²) in [7, 11) is 0. The van der Waals surface area contributed by atoms with Crippen LogP contribution < -0.4 is 0 Å². The Morgan fingerprint density at radius 2 is 1.67 bits per heavy atom. The van der Waals surface area contributed by atoms with Gasteiger partial charge in [-0.2, -0.15) is 0 Å². The Morgan fingerprint density at radius 1 is 1.07 bits per heavy atom. The summed E-state index contributed by atoms with van der Waals surface area (Å²) in [6, 6.07) is 7.80. The van der Waals surface area contributed by atoms with Gasteiger partial charge >= 0.3 is 0 Å². The van der Waals surface area contributed by atoms with Crippen LogP contribution in [0, 0.1) is 0 Å². The molecule has 2 rings (SSSR count). The van der Waals surface area contributed by atoms with E-state index in [1.165, 1.54) is 12.0 Å². The van der Waals surface area contributed by atoms with Crippen LogP contribution in [0.1, 0.15) is 37.7 Å². The van der Waals surface area contributed by atoms with Gasteiger partial charge in [0.05, 0.1) is 5.60 Å². The third-order valence-electron chi connectivity index (χ3n) is 3.23. The summed E-state index contributed by atoms with van der Waals surface area (Å²) in [4.78, 5) is 0. The van der Waals surface area contributed by atoms with Crippen molar-refractivity contribution < 1.29 is 5.11 Å². The maximum atomic E-state index is 10.4. The van der Waals surface area contributed by atoms with Crippen molar-refractivity contribution in [2.24, 2.45) is 0 Å². The molecule has 82 valence electrons. The fraction of sp³-hybridized carbons (Fsp3) is 0.538. The highest BCUT2D eigenvalue weighted by Crippen LogP contribution is 2.31. The highest BCUT2D eigenvalue weighted by Gasteiger charge is 2.28. The Balaban J connectivity index is 2.03. The summed E-state index contributed by atoms with van der Waals surface area (Å²) < 4.78 is 0. The lowest BCUT2D eigenvalue weighted by Gasteiger charge is -2.32. The summed E-state index contributed by atoms with van der Waals surface area (Å²) in [5.41, 5.74) is 0.718. The molecule has 15 heavy (non-hydrogen) atoms. The van der Waals surface area contributed by atoms with Crippen molar-refractivity contribution in [3.05, 3.63) is 34.9 Å². The fourth-order valence-electron chi connectivity index (χ4n) is 2.37. The average Bonchev–Trinajstić information content (AvgIpc) is 2.22. The quantitative estimate of drug-likeness (QED) is 0.814. The molecule has 1 nitrogen and oxygen atoms in total. The van der Waals surface area contributed by atoms with Crippen LogP contribution >= 0.6 is 11.6 Å². The largest absolute Gasteiger partial charge is 0.390 e. The summed E-state index contributed by atoms with van der Waals surface area (Å²) >= 11 is 5.83. The molecule has 1 saturated carbocycles. The van der Waals surface area contributed by atoms with Crippen molar-refractivity contribution in [1.82, 2.24) is 0 Å². The molecule has 0 spiro atoms. The van der Waals surface area contributed by atoms with E-state index in [-0.39, 0.29) is 0 Å². The molecule has 0 saturated heterocycles. The first-order valence-electron chi connectivity index (χ1n) is 5.65. The van der Waals surface area contributed by atoms with E-state index in [2.05, 4.69) is 0 Å². The van der Waals surface area contributed by atoms with Gasteiger partial charge in [-0.25, -0.2) is 0 Å². The molecule has 0 bridgehead atoms. The molecule has 1 aromatic rings. The molecule has 1 aromatic carbocycles. The highest BCUT2D eigenvalue weighted by molar-refractivity contribution is 6.30. The number of benzene rings is 1. The Morgan fingerprint density at radius 3 is 2.27 bits per heavy atom. The third-order valence-corrected chi connectivity index (χ3v) is 3.48. The van der Waals surface area contributed by atoms with Crippen LogP contribution in [0.15, 0.2) is 24.3 Å². The number of halogens is 1. The lowest BCUT2D eigenvalue weighted by Crippen LogP contribution is -2.33. The molecule has 0 aromatic heterocycles. The monoisotopic (exact) mass is 224 g/mol. The lowest BCUT2D eigenvalue weighted by atomic mass is 9.80. The first-order chi connectivity index (χ1) is 7.18. The lowest BCUT2D eigenvalue weighted by molar-refractivity contribution is 0.00449. The summed E-state index contributed by atoms with van der Waals surface area (Å²) in [6.45, 7) is 0. The van der Waals surface area contributed by atoms with Crippen molar-refractivity contribution in [2.45, 2.75) is 44.1 Å². The van der Waals surface area contributed by atoms with E-state index in [4.69, 9.17) is 11.6 Å². The van der Waals surface area contributed by atoms with Gasteiger partial charge in [0.1, 0.15) is 0 Å². The number of aliphatic hydroxyl groups is 1. The van der Waals surface area contributed by atoms with Crippen molar-refractivity contribution >= 4 is 11.6 Å². The van der Waals surface area contributed by atoms with Crippen molar-refractivity contribution in [2.75, 3.05) is 0 Å². The van der Waals surface area contributed by atoms with Crippen LogP contribution in [-0.2, 0) is 6.42 Å². The second-order valence-electron chi connectivity index (χ2n) is 4.59. The van der Waals surface area contributed by atoms with Gasteiger partial charge in [-0.3, -0.25) is 0 Å². The van der Waals surface area contributed by atoms with Crippen LogP contribution in [-0.4, -0.2) is 10.7 Å². The van der Waals surface area contributed by atoms with Gasteiger partial charge < -0.3 is 5.11 Å². The van der Waals surface area contributed by atoms with E-state index in [1.807, 2.05) is 24.3 Å². The molecular weight excluding hydrogens is 208 g/mol. The maximum absolute atomic E-state index is 10.4. The molecule has 0 atom stereocenters. The van der Waals surface area contributed by atoms with Crippen LogP contribution in [0.5, 0.6) is 0 Å². The second-order valence-corrected chi connectivity index (χ2v) is 5.02. The number of hydrogen-bond donors (Lipinski definition) is 1. The third kappa shape index (κ3) is 2.96. The molecule has 0 aliphatic heterocycles. The van der Waals surface area contributed by atoms with E-state index in [9.17, 15) is 5.11 Å². The van der Waals surface area contributed by atoms with Gasteiger partial charge in [-0.15, -0.1) is 0 Å². The minimum atomic E-state index is -0.466. The van der Waals surface area contributed by atoms with Crippen molar-refractivity contribution in [3.63, 3.8) is 0 Å². The number of rotatable bonds is 2. The fourth-order valence-corrected chi connectivity index (χ4v) is 2.49. The Bertz CT molecular complexity index is 312. The van der Waals surface area contributed by atoms with Crippen LogP contribution in [0.3, 0.4) is 0 Å². The molecule has 0 amide bonds. The zero-order chi connectivity index (χ0) is 10.7. The average molecular weight is 225 g/mol. The molecule has 0 unspecified atom stereocenters. The molecule has 0 radical (unpaired) electrons. The zero-order valence-electron chi connectivity index (χ0n) is 8.88. The standard InChI is InChI=1S/C13H17ClO/c14-12-6-4-11(5-7-12)10-13(15)8-2-1-3-9-13/h4-7,15H,1-3,8-10H2. The SMILES string of the molecule is OC1(Cc2ccc(Cl)cc2)CCCCC1. The van der Waals surface area contributed by atoms with Gasteiger partial charge in [0.15, 0.2) is 0 Å². The Labute approximate surface area is 96.1 Å². The van der Waals surface area contributed by atoms with E-state index >= 15 is 0 Å². The van der Waals surface area contributed by atoms with Gasteiger partial charge in [0, 0.05) is 11.4 Å². The maximum Gasteiger partial charge on any atom is 0.0688 e. The van der Waals surface area contributed by atoms with Gasteiger partial charge in [-0.05, 0) is 30.5 Å². The molecule has 1 fully saturated rings. The van der Waals surface area contributed by atoms with Crippen LogP contribution in [0.25, 0.3) is 0 Å². The van der Waals surface area contributed by atoms with Gasteiger partial charge in [-0.1, -0.05) is 43.0 Å². The molecule has 0 heterocycles. The first-order valence-corrected chi connectivity index (χ1v) is 6.03. The van der Waals surface area contributed by atoms with Gasteiger partial charge in [0.2, 0.25) is 0 Å². The van der Waals surface area contributed by atoms with E-state index in [1.54, 1.807) is 0 Å². The predicted octanol–water partition coefficient (Wildman–Crippen LogP) is 3.58. The Hall–Kier alpha value is -0.530. The van der Waals surface area contributed by atoms with Crippen molar-refractivity contribution in [3.8, 4) is 0 Å². The minimum absolute atomic E-state index is 0.466. The summed E-state index contributed by atoms with van der Waals surface area (Å²) in [6.07, 6.45) is 6.23. The van der Waals surface area contributed by atoms with E-state index < -0.39 is 5.60 Å².